The fourth-order valence-electron chi connectivity index (χ4n) is 1.62. The van der Waals surface area contributed by atoms with Gasteiger partial charge in [0.1, 0.15) is 5.82 Å². The van der Waals surface area contributed by atoms with Gasteiger partial charge in [-0.25, -0.2) is 13.4 Å². The molecule has 0 saturated carbocycles. The van der Waals surface area contributed by atoms with E-state index < -0.39 is 10.0 Å². The maximum Gasteiger partial charge on any atom is 0.238 e. The van der Waals surface area contributed by atoms with Crippen LogP contribution in [0, 0.1) is 6.92 Å². The zero-order valence-corrected chi connectivity index (χ0v) is 12.7. The minimum Gasteiger partial charge on any atom is -0.267 e. The standard InChI is InChI=1S/C13H13BrN2O2S/c1-10-7-12(14)8-15-13(10)16-19(17,18)9-11-5-3-2-4-6-11/h2-8H,9H2,1H3,(H,15,16). The van der Waals surface area contributed by atoms with Gasteiger partial charge in [-0.2, -0.15) is 0 Å². The highest BCUT2D eigenvalue weighted by molar-refractivity contribution is 9.10. The first kappa shape index (κ1) is 14.0. The normalized spacial score (nSPS) is 11.3. The van der Waals surface area contributed by atoms with Crippen LogP contribution in [-0.2, 0) is 15.8 Å². The maximum absolute atomic E-state index is 12.0. The number of pyridine rings is 1. The van der Waals surface area contributed by atoms with E-state index in [2.05, 4.69) is 25.6 Å². The van der Waals surface area contributed by atoms with Crippen LogP contribution < -0.4 is 4.72 Å². The average Bonchev–Trinajstić information content (AvgIpc) is 2.33. The van der Waals surface area contributed by atoms with Gasteiger partial charge in [0.05, 0.1) is 5.75 Å². The number of rotatable bonds is 4. The minimum atomic E-state index is -3.45. The summed E-state index contributed by atoms with van der Waals surface area (Å²) >= 11 is 3.29. The van der Waals surface area contributed by atoms with Crippen molar-refractivity contribution in [3.8, 4) is 0 Å². The van der Waals surface area contributed by atoms with E-state index in [9.17, 15) is 8.42 Å². The number of sulfonamides is 1. The first-order chi connectivity index (χ1) is 8.96. The van der Waals surface area contributed by atoms with E-state index in [4.69, 9.17) is 0 Å². The van der Waals surface area contributed by atoms with Crippen LogP contribution in [0.25, 0.3) is 0 Å². The van der Waals surface area contributed by atoms with Crippen molar-refractivity contribution in [2.75, 3.05) is 4.72 Å². The number of benzene rings is 1. The Hall–Kier alpha value is -1.40. The molecular formula is C13H13BrN2O2S. The van der Waals surface area contributed by atoms with Gasteiger partial charge in [-0.1, -0.05) is 30.3 Å². The van der Waals surface area contributed by atoms with Crippen LogP contribution in [-0.4, -0.2) is 13.4 Å². The molecule has 0 aliphatic heterocycles. The summed E-state index contributed by atoms with van der Waals surface area (Å²) in [6.45, 7) is 1.80. The van der Waals surface area contributed by atoms with Crippen LogP contribution in [0.5, 0.6) is 0 Å². The minimum absolute atomic E-state index is 0.0645. The van der Waals surface area contributed by atoms with Gasteiger partial charge in [-0.05, 0) is 40.0 Å². The van der Waals surface area contributed by atoms with Crippen molar-refractivity contribution in [3.05, 3.63) is 58.2 Å². The van der Waals surface area contributed by atoms with Crippen LogP contribution >= 0.6 is 15.9 Å². The lowest BCUT2D eigenvalue weighted by Crippen LogP contribution is -2.16. The van der Waals surface area contributed by atoms with E-state index in [1.54, 1.807) is 25.3 Å². The van der Waals surface area contributed by atoms with Crippen molar-refractivity contribution in [1.29, 1.82) is 0 Å². The molecule has 1 aromatic heterocycles. The van der Waals surface area contributed by atoms with Crippen LogP contribution in [0.15, 0.2) is 47.1 Å². The second-order valence-electron chi connectivity index (χ2n) is 4.17. The smallest absolute Gasteiger partial charge is 0.238 e. The van der Waals surface area contributed by atoms with E-state index in [0.717, 1.165) is 15.6 Å². The fraction of sp³-hybridized carbons (Fsp3) is 0.154. The third-order valence-corrected chi connectivity index (χ3v) is 4.15. The van der Waals surface area contributed by atoms with Crippen LogP contribution in [0.1, 0.15) is 11.1 Å². The number of anilines is 1. The molecule has 1 N–H and O–H groups in total. The molecule has 0 spiro atoms. The van der Waals surface area contributed by atoms with Crippen LogP contribution in [0.2, 0.25) is 0 Å². The Balaban J connectivity index is 2.17. The summed E-state index contributed by atoms with van der Waals surface area (Å²) in [5.74, 6) is 0.296. The first-order valence-electron chi connectivity index (χ1n) is 5.63. The molecule has 0 aliphatic rings. The lowest BCUT2D eigenvalue weighted by Gasteiger charge is -2.09. The molecule has 2 rings (SSSR count). The van der Waals surface area contributed by atoms with Gasteiger partial charge < -0.3 is 0 Å². The molecule has 0 aliphatic carbocycles. The number of halogens is 1. The molecule has 0 unspecified atom stereocenters. The lowest BCUT2D eigenvalue weighted by atomic mass is 10.2. The van der Waals surface area contributed by atoms with Crippen molar-refractivity contribution in [2.24, 2.45) is 0 Å². The predicted octanol–water partition coefficient (Wildman–Crippen LogP) is 3.09. The molecule has 0 radical (unpaired) electrons. The summed E-state index contributed by atoms with van der Waals surface area (Å²) in [6, 6.07) is 10.8. The number of nitrogens with one attached hydrogen (secondary N) is 1. The van der Waals surface area contributed by atoms with E-state index in [1.165, 1.54) is 0 Å². The molecule has 0 atom stereocenters. The Bertz CT molecular complexity index is 672. The average molecular weight is 341 g/mol. The highest BCUT2D eigenvalue weighted by atomic mass is 79.9. The second-order valence-corrected chi connectivity index (χ2v) is 6.80. The summed E-state index contributed by atoms with van der Waals surface area (Å²) in [6.07, 6.45) is 1.56. The maximum atomic E-state index is 12.0. The van der Waals surface area contributed by atoms with Gasteiger partial charge in [-0.3, -0.25) is 4.72 Å². The zero-order valence-electron chi connectivity index (χ0n) is 10.3. The zero-order chi connectivity index (χ0) is 13.9. The Morgan fingerprint density at radius 3 is 2.58 bits per heavy atom. The molecule has 0 bridgehead atoms. The molecule has 0 saturated heterocycles. The summed E-state index contributed by atoms with van der Waals surface area (Å²) in [4.78, 5) is 4.07. The Labute approximate surface area is 121 Å². The molecule has 19 heavy (non-hydrogen) atoms. The van der Waals surface area contributed by atoms with Crippen LogP contribution in [0.4, 0.5) is 5.82 Å². The first-order valence-corrected chi connectivity index (χ1v) is 8.07. The molecule has 100 valence electrons. The molecule has 2 aromatic rings. The Kier molecular flexibility index (Phi) is 4.21. The van der Waals surface area contributed by atoms with E-state index in [0.29, 0.717) is 5.82 Å². The van der Waals surface area contributed by atoms with Gasteiger partial charge in [0, 0.05) is 10.7 Å². The van der Waals surface area contributed by atoms with Crippen LogP contribution in [0.3, 0.4) is 0 Å². The van der Waals surface area contributed by atoms with Gasteiger partial charge in [0.25, 0.3) is 0 Å². The van der Waals surface area contributed by atoms with Crippen molar-refractivity contribution in [1.82, 2.24) is 4.98 Å². The van der Waals surface area contributed by atoms with Gasteiger partial charge in [0.15, 0.2) is 0 Å². The summed E-state index contributed by atoms with van der Waals surface area (Å²) < 4.78 is 27.4. The van der Waals surface area contributed by atoms with E-state index in [-0.39, 0.29) is 5.75 Å². The molecule has 1 aromatic carbocycles. The quantitative estimate of drug-likeness (QED) is 0.930. The third-order valence-electron chi connectivity index (χ3n) is 2.50. The largest absolute Gasteiger partial charge is 0.267 e. The molecule has 0 amide bonds. The second kappa shape index (κ2) is 5.71. The highest BCUT2D eigenvalue weighted by Gasteiger charge is 2.13. The van der Waals surface area contributed by atoms with Crippen molar-refractivity contribution in [3.63, 3.8) is 0 Å². The fourth-order valence-corrected chi connectivity index (χ4v) is 3.28. The van der Waals surface area contributed by atoms with Gasteiger partial charge in [0.2, 0.25) is 10.0 Å². The SMILES string of the molecule is Cc1cc(Br)cnc1NS(=O)(=O)Cc1ccccc1. The molecule has 0 fully saturated rings. The summed E-state index contributed by atoms with van der Waals surface area (Å²) in [5, 5.41) is 0. The molecule has 1 heterocycles. The monoisotopic (exact) mass is 340 g/mol. The third kappa shape index (κ3) is 4.04. The molecule has 4 nitrogen and oxygen atoms in total. The predicted molar refractivity (Wildman–Crippen MR) is 79.4 cm³/mol. The topological polar surface area (TPSA) is 59.1 Å². The molecule has 6 heteroatoms. The van der Waals surface area contributed by atoms with Crippen molar-refractivity contribution < 1.29 is 8.42 Å². The summed E-state index contributed by atoms with van der Waals surface area (Å²) in [7, 11) is -3.45. The van der Waals surface area contributed by atoms with Crippen molar-refractivity contribution in [2.45, 2.75) is 12.7 Å². The van der Waals surface area contributed by atoms with Crippen molar-refractivity contribution >= 4 is 31.8 Å². The van der Waals surface area contributed by atoms with Gasteiger partial charge in [-0.15, -0.1) is 0 Å². The number of nitrogens with zero attached hydrogens (tertiary/aromatic N) is 1. The number of aryl methyl sites for hydroxylation is 1. The number of hydrogen-bond donors (Lipinski definition) is 1. The lowest BCUT2D eigenvalue weighted by molar-refractivity contribution is 0.600. The Morgan fingerprint density at radius 1 is 1.26 bits per heavy atom. The number of hydrogen-bond acceptors (Lipinski definition) is 3. The van der Waals surface area contributed by atoms with Gasteiger partial charge >= 0.3 is 0 Å². The Morgan fingerprint density at radius 2 is 1.95 bits per heavy atom. The van der Waals surface area contributed by atoms with E-state index in [1.807, 2.05) is 24.3 Å². The number of aromatic nitrogens is 1. The van der Waals surface area contributed by atoms with E-state index >= 15 is 0 Å². The highest BCUT2D eigenvalue weighted by Crippen LogP contribution is 2.18. The summed E-state index contributed by atoms with van der Waals surface area (Å²) in [5.41, 5.74) is 1.51. The molecular weight excluding hydrogens is 328 g/mol.